The molecule has 0 rings (SSSR count). The first-order valence-corrected chi connectivity index (χ1v) is 5.48. The summed E-state index contributed by atoms with van der Waals surface area (Å²) in [7, 11) is 3.76. The van der Waals surface area contributed by atoms with E-state index >= 15 is 0 Å². The lowest BCUT2D eigenvalue weighted by Crippen LogP contribution is -2.48. The van der Waals surface area contributed by atoms with Gasteiger partial charge in [-0.15, -0.1) is 0 Å². The Morgan fingerprint density at radius 2 is 1.08 bits per heavy atom. The van der Waals surface area contributed by atoms with Crippen molar-refractivity contribution in [3.05, 3.63) is 0 Å². The second-order valence-corrected chi connectivity index (χ2v) is 3.33. The van der Waals surface area contributed by atoms with Gasteiger partial charge in [0.15, 0.2) is 0 Å². The number of rotatable bonds is 6. The summed E-state index contributed by atoms with van der Waals surface area (Å²) in [5, 5.41) is 0. The highest BCUT2D eigenvalue weighted by Gasteiger charge is 2.14. The first-order valence-electron chi connectivity index (χ1n) is 4.90. The molecule has 0 spiro atoms. The number of hydrogen-bond acceptors (Lipinski definition) is 2. The highest BCUT2D eigenvalue weighted by Crippen LogP contribution is 2.01. The molecule has 3 radical (unpaired) electrons. The molecule has 2 nitrogen and oxygen atoms in total. The molecule has 0 aliphatic rings. The Kier molecular flexibility index (Phi) is 6.71. The van der Waals surface area contributed by atoms with Crippen molar-refractivity contribution in [2.24, 2.45) is 0 Å². The third kappa shape index (κ3) is 3.25. The molecule has 0 atom stereocenters. The van der Waals surface area contributed by atoms with E-state index in [0.29, 0.717) is 5.79 Å². The summed E-state index contributed by atoms with van der Waals surface area (Å²) in [6.07, 6.45) is 0. The van der Waals surface area contributed by atoms with E-state index in [4.69, 9.17) is 0 Å². The molecule has 12 heavy (non-hydrogen) atoms. The summed E-state index contributed by atoms with van der Waals surface area (Å²) in [5.41, 5.74) is 0. The SMILES string of the molecule is CCN(CC)C([Si])N(CC)CC. The quantitative estimate of drug-likeness (QED) is 0.452. The van der Waals surface area contributed by atoms with Crippen LogP contribution in [0, 0.1) is 0 Å². The Bertz CT molecular complexity index is 88.7. The van der Waals surface area contributed by atoms with E-state index in [-0.39, 0.29) is 0 Å². The van der Waals surface area contributed by atoms with Gasteiger partial charge in [0.2, 0.25) is 0 Å². The molecule has 0 fully saturated rings. The molecular formula is C9H21N2Si. The predicted octanol–water partition coefficient (Wildman–Crippen LogP) is 1.12. The lowest BCUT2D eigenvalue weighted by atomic mass is 10.5. The monoisotopic (exact) mass is 185 g/mol. The van der Waals surface area contributed by atoms with Crippen LogP contribution in [0.25, 0.3) is 0 Å². The van der Waals surface area contributed by atoms with Gasteiger partial charge in [-0.2, -0.15) is 0 Å². The summed E-state index contributed by atoms with van der Waals surface area (Å²) >= 11 is 0. The lowest BCUT2D eigenvalue weighted by Gasteiger charge is -2.35. The fourth-order valence-corrected chi connectivity index (χ4v) is 2.10. The van der Waals surface area contributed by atoms with Gasteiger partial charge in [-0.3, -0.25) is 9.80 Å². The maximum Gasteiger partial charge on any atom is 0.0702 e. The molecule has 0 aliphatic heterocycles. The van der Waals surface area contributed by atoms with Crippen molar-refractivity contribution in [3.8, 4) is 0 Å². The van der Waals surface area contributed by atoms with E-state index < -0.39 is 0 Å². The Labute approximate surface area is 80.3 Å². The van der Waals surface area contributed by atoms with Crippen LogP contribution < -0.4 is 0 Å². The van der Waals surface area contributed by atoms with Crippen molar-refractivity contribution in [1.82, 2.24) is 9.80 Å². The zero-order valence-electron chi connectivity index (χ0n) is 8.80. The summed E-state index contributed by atoms with van der Waals surface area (Å²) in [4.78, 5) is 4.79. The topological polar surface area (TPSA) is 6.48 Å². The highest BCUT2D eigenvalue weighted by molar-refractivity contribution is 6.11. The third-order valence-corrected chi connectivity index (χ3v) is 3.05. The minimum Gasteiger partial charge on any atom is -0.292 e. The van der Waals surface area contributed by atoms with Crippen LogP contribution in [0.1, 0.15) is 27.7 Å². The second-order valence-electron chi connectivity index (χ2n) is 2.82. The molecule has 0 unspecified atom stereocenters. The first kappa shape index (κ1) is 12.1. The molecule has 0 saturated carbocycles. The van der Waals surface area contributed by atoms with E-state index in [9.17, 15) is 0 Å². The molecule has 0 amide bonds. The van der Waals surface area contributed by atoms with Crippen molar-refractivity contribution < 1.29 is 0 Å². The Balaban J connectivity index is 4.02. The maximum absolute atomic E-state index is 3.76. The molecule has 3 heteroatoms. The number of nitrogens with zero attached hydrogens (tertiary/aromatic N) is 2. The zero-order chi connectivity index (χ0) is 9.56. The highest BCUT2D eigenvalue weighted by atomic mass is 28.1. The summed E-state index contributed by atoms with van der Waals surface area (Å²) in [6.45, 7) is 13.2. The van der Waals surface area contributed by atoms with Crippen LogP contribution in [0.5, 0.6) is 0 Å². The van der Waals surface area contributed by atoms with Gasteiger partial charge in [0, 0.05) is 5.79 Å². The molecule has 0 aromatic heterocycles. The molecule has 0 N–H and O–H groups in total. The fourth-order valence-electron chi connectivity index (χ4n) is 1.37. The largest absolute Gasteiger partial charge is 0.292 e. The molecule has 0 aromatic carbocycles. The molecule has 0 aliphatic carbocycles. The van der Waals surface area contributed by atoms with Gasteiger partial charge in [-0.05, 0) is 26.2 Å². The maximum atomic E-state index is 3.76. The summed E-state index contributed by atoms with van der Waals surface area (Å²) < 4.78 is 0. The van der Waals surface area contributed by atoms with Gasteiger partial charge < -0.3 is 0 Å². The normalized spacial score (nSPS) is 12.0. The molecule has 71 valence electrons. The Hall–Kier alpha value is 0.137. The van der Waals surface area contributed by atoms with Crippen molar-refractivity contribution >= 4 is 10.2 Å². The summed E-state index contributed by atoms with van der Waals surface area (Å²) in [6, 6.07) is 0. The van der Waals surface area contributed by atoms with Crippen LogP contribution in [0.4, 0.5) is 0 Å². The van der Waals surface area contributed by atoms with Gasteiger partial charge in [-0.1, -0.05) is 27.7 Å². The van der Waals surface area contributed by atoms with Crippen LogP contribution in [0.15, 0.2) is 0 Å². The van der Waals surface area contributed by atoms with Crippen LogP contribution in [-0.2, 0) is 0 Å². The lowest BCUT2D eigenvalue weighted by molar-refractivity contribution is 0.118. The van der Waals surface area contributed by atoms with Crippen molar-refractivity contribution in [2.75, 3.05) is 26.2 Å². The average Bonchev–Trinajstić information content (AvgIpc) is 2.09. The number of hydrogen-bond donors (Lipinski definition) is 0. The van der Waals surface area contributed by atoms with Gasteiger partial charge in [0.25, 0.3) is 0 Å². The smallest absolute Gasteiger partial charge is 0.0702 e. The van der Waals surface area contributed by atoms with E-state index in [1.807, 2.05) is 0 Å². The van der Waals surface area contributed by atoms with E-state index in [1.54, 1.807) is 0 Å². The second kappa shape index (κ2) is 6.63. The minimum absolute atomic E-state index is 0.398. The first-order chi connectivity index (χ1) is 5.71. The van der Waals surface area contributed by atoms with E-state index in [1.165, 1.54) is 0 Å². The fraction of sp³-hybridized carbons (Fsp3) is 1.00. The predicted molar refractivity (Wildman–Crippen MR) is 55.4 cm³/mol. The van der Waals surface area contributed by atoms with Gasteiger partial charge in [0.1, 0.15) is 0 Å². The van der Waals surface area contributed by atoms with Gasteiger partial charge in [0.05, 0.1) is 10.2 Å². The van der Waals surface area contributed by atoms with Gasteiger partial charge in [-0.25, -0.2) is 0 Å². The van der Waals surface area contributed by atoms with Crippen molar-refractivity contribution in [2.45, 2.75) is 33.5 Å². The molecule has 0 saturated heterocycles. The molecule has 0 aromatic rings. The molecular weight excluding hydrogens is 164 g/mol. The van der Waals surface area contributed by atoms with Crippen molar-refractivity contribution in [1.29, 1.82) is 0 Å². The molecule has 0 bridgehead atoms. The van der Waals surface area contributed by atoms with Crippen molar-refractivity contribution in [3.63, 3.8) is 0 Å². The molecule has 0 heterocycles. The Morgan fingerprint density at radius 1 is 0.833 bits per heavy atom. The standard InChI is InChI=1S/C9H21N2Si/c1-5-10(6-2)9(12)11(7-3)8-4/h9H,5-8H2,1-4H3. The van der Waals surface area contributed by atoms with Crippen LogP contribution in [0.2, 0.25) is 0 Å². The zero-order valence-corrected chi connectivity index (χ0v) is 9.80. The average molecular weight is 185 g/mol. The van der Waals surface area contributed by atoms with E-state index in [0.717, 1.165) is 26.2 Å². The minimum atomic E-state index is 0.398. The van der Waals surface area contributed by atoms with Crippen LogP contribution in [-0.4, -0.2) is 52.0 Å². The Morgan fingerprint density at radius 3 is 1.25 bits per heavy atom. The van der Waals surface area contributed by atoms with E-state index in [2.05, 4.69) is 47.7 Å². The van der Waals surface area contributed by atoms with Gasteiger partial charge >= 0.3 is 0 Å². The van der Waals surface area contributed by atoms with Crippen LogP contribution >= 0.6 is 0 Å². The third-order valence-electron chi connectivity index (χ3n) is 2.32. The summed E-state index contributed by atoms with van der Waals surface area (Å²) in [5.74, 6) is 0.398. The van der Waals surface area contributed by atoms with Crippen LogP contribution in [0.3, 0.4) is 0 Å².